The zero-order valence-electron chi connectivity index (χ0n) is 19.5. The van der Waals surface area contributed by atoms with Crippen molar-refractivity contribution >= 4 is 5.91 Å². The van der Waals surface area contributed by atoms with Gasteiger partial charge < -0.3 is 19.5 Å². The number of nitrogens with one attached hydrogen (secondary N) is 1. The molecular weight excluding hydrogens is 416 g/mol. The third kappa shape index (κ3) is 4.87. The van der Waals surface area contributed by atoms with Crippen molar-refractivity contribution in [2.75, 3.05) is 26.5 Å². The second-order valence-electron chi connectivity index (χ2n) is 9.63. The maximum atomic E-state index is 13.6. The lowest BCUT2D eigenvalue weighted by Crippen LogP contribution is -2.45. The van der Waals surface area contributed by atoms with Gasteiger partial charge in [0.15, 0.2) is 11.5 Å². The molecule has 1 N–H and O–H groups in total. The minimum Gasteiger partial charge on any atom is -0.454 e. The molecule has 1 saturated carbocycles. The summed E-state index contributed by atoms with van der Waals surface area (Å²) >= 11 is 0. The minimum atomic E-state index is -0.499. The van der Waals surface area contributed by atoms with Crippen molar-refractivity contribution in [1.29, 1.82) is 0 Å². The standard InChI is InChI=1S/C27H34N2O4/c1-20-17-29(12-13-31-20)18-22-7-5-6-21(14-22)16-28-26(30)27(10-3-2-4-11-27)23-8-9-24-25(15-23)33-19-32-24/h5-9,14-15,20H,2-4,10-13,16-19H2,1H3,(H,28,30). The number of hydrogen-bond acceptors (Lipinski definition) is 5. The van der Waals surface area contributed by atoms with E-state index in [1.54, 1.807) is 0 Å². The van der Waals surface area contributed by atoms with E-state index < -0.39 is 5.41 Å². The first kappa shape index (κ1) is 22.2. The van der Waals surface area contributed by atoms with Crippen LogP contribution in [0.3, 0.4) is 0 Å². The first-order valence-electron chi connectivity index (χ1n) is 12.2. The van der Waals surface area contributed by atoms with Gasteiger partial charge in [0.1, 0.15) is 0 Å². The molecule has 5 rings (SSSR count). The number of nitrogens with zero attached hydrogens (tertiary/aromatic N) is 1. The largest absolute Gasteiger partial charge is 0.454 e. The number of carbonyl (C=O) groups excluding carboxylic acids is 1. The average Bonchev–Trinajstić information content (AvgIpc) is 3.31. The summed E-state index contributed by atoms with van der Waals surface area (Å²) in [5, 5.41) is 3.27. The van der Waals surface area contributed by atoms with Gasteiger partial charge in [-0.25, -0.2) is 0 Å². The van der Waals surface area contributed by atoms with Gasteiger partial charge in [0.25, 0.3) is 0 Å². The molecular formula is C27H34N2O4. The zero-order valence-corrected chi connectivity index (χ0v) is 19.5. The van der Waals surface area contributed by atoms with E-state index in [9.17, 15) is 4.79 Å². The Morgan fingerprint density at radius 1 is 1.06 bits per heavy atom. The van der Waals surface area contributed by atoms with Crippen LogP contribution in [0.1, 0.15) is 55.7 Å². The minimum absolute atomic E-state index is 0.119. The van der Waals surface area contributed by atoms with Crippen molar-refractivity contribution in [2.24, 2.45) is 0 Å². The lowest BCUT2D eigenvalue weighted by molar-refractivity contribution is -0.128. The van der Waals surface area contributed by atoms with Crippen molar-refractivity contribution in [1.82, 2.24) is 10.2 Å². The van der Waals surface area contributed by atoms with E-state index in [4.69, 9.17) is 14.2 Å². The summed E-state index contributed by atoms with van der Waals surface area (Å²) in [7, 11) is 0. The van der Waals surface area contributed by atoms with Gasteiger partial charge in [0.05, 0.1) is 18.1 Å². The fourth-order valence-corrected chi connectivity index (χ4v) is 5.48. The molecule has 1 amide bonds. The van der Waals surface area contributed by atoms with Gasteiger partial charge in [0.2, 0.25) is 12.7 Å². The van der Waals surface area contributed by atoms with Gasteiger partial charge in [-0.15, -0.1) is 0 Å². The second-order valence-corrected chi connectivity index (χ2v) is 9.63. The molecule has 6 nitrogen and oxygen atoms in total. The summed E-state index contributed by atoms with van der Waals surface area (Å²) in [6.07, 6.45) is 5.33. The molecule has 6 heteroatoms. The van der Waals surface area contributed by atoms with Gasteiger partial charge in [-0.05, 0) is 48.6 Å². The van der Waals surface area contributed by atoms with Crippen LogP contribution in [-0.4, -0.2) is 43.4 Å². The number of morpholine rings is 1. The highest BCUT2D eigenvalue weighted by atomic mass is 16.7. The molecule has 33 heavy (non-hydrogen) atoms. The molecule has 1 aliphatic carbocycles. The van der Waals surface area contributed by atoms with Gasteiger partial charge in [-0.3, -0.25) is 9.69 Å². The van der Waals surface area contributed by atoms with Crippen LogP contribution >= 0.6 is 0 Å². The lowest BCUT2D eigenvalue weighted by atomic mass is 9.68. The molecule has 1 atom stereocenters. The zero-order chi connectivity index (χ0) is 22.7. The van der Waals surface area contributed by atoms with Crippen LogP contribution < -0.4 is 14.8 Å². The van der Waals surface area contributed by atoms with Crippen LogP contribution in [0, 0.1) is 0 Å². The molecule has 1 unspecified atom stereocenters. The molecule has 0 radical (unpaired) electrons. The van der Waals surface area contributed by atoms with Crippen LogP contribution in [0.5, 0.6) is 11.5 Å². The van der Waals surface area contributed by atoms with Crippen LogP contribution in [-0.2, 0) is 28.0 Å². The number of hydrogen-bond donors (Lipinski definition) is 1. The van der Waals surface area contributed by atoms with Crippen molar-refractivity contribution in [3.05, 3.63) is 59.2 Å². The number of benzene rings is 2. The van der Waals surface area contributed by atoms with E-state index >= 15 is 0 Å². The van der Waals surface area contributed by atoms with E-state index in [0.29, 0.717) is 6.54 Å². The first-order chi connectivity index (χ1) is 16.1. The Bertz CT molecular complexity index is 986. The number of carbonyl (C=O) groups is 1. The normalized spacial score (nSPS) is 22.2. The van der Waals surface area contributed by atoms with Crippen molar-refractivity contribution in [3.8, 4) is 11.5 Å². The molecule has 2 aromatic carbocycles. The number of ether oxygens (including phenoxy) is 3. The second kappa shape index (κ2) is 9.74. The molecule has 2 fully saturated rings. The van der Waals surface area contributed by atoms with E-state index in [0.717, 1.165) is 74.6 Å². The Kier molecular flexibility index (Phi) is 6.56. The maximum Gasteiger partial charge on any atom is 0.231 e. The van der Waals surface area contributed by atoms with Crippen LogP contribution in [0.4, 0.5) is 0 Å². The Morgan fingerprint density at radius 2 is 1.88 bits per heavy atom. The molecule has 3 aliphatic rings. The van der Waals surface area contributed by atoms with Gasteiger partial charge in [0, 0.05) is 26.2 Å². The number of rotatable bonds is 6. The third-order valence-electron chi connectivity index (χ3n) is 7.24. The fraction of sp³-hybridized carbons (Fsp3) is 0.519. The predicted octanol–water partition coefficient (Wildman–Crippen LogP) is 4.15. The average molecular weight is 451 g/mol. The Balaban J connectivity index is 1.28. The van der Waals surface area contributed by atoms with Gasteiger partial charge in [-0.1, -0.05) is 49.6 Å². The van der Waals surface area contributed by atoms with Crippen molar-refractivity contribution in [2.45, 2.75) is 63.6 Å². The molecule has 176 valence electrons. The SMILES string of the molecule is CC1CN(Cc2cccc(CNC(=O)C3(c4ccc5c(c4)OCO5)CCCCC3)c2)CCO1. The molecule has 0 bridgehead atoms. The number of fused-ring (bicyclic) bond motifs is 1. The van der Waals surface area contributed by atoms with E-state index in [-0.39, 0.29) is 18.8 Å². The first-order valence-corrected chi connectivity index (χ1v) is 12.2. The maximum absolute atomic E-state index is 13.6. The Morgan fingerprint density at radius 3 is 2.73 bits per heavy atom. The Hall–Kier alpha value is -2.57. The number of amides is 1. The van der Waals surface area contributed by atoms with Crippen molar-refractivity contribution < 1.29 is 19.0 Å². The summed E-state index contributed by atoms with van der Waals surface area (Å²) in [6, 6.07) is 14.6. The summed E-state index contributed by atoms with van der Waals surface area (Å²) in [6.45, 7) is 6.54. The van der Waals surface area contributed by atoms with Crippen LogP contribution in [0.25, 0.3) is 0 Å². The summed E-state index contributed by atoms with van der Waals surface area (Å²) in [5.74, 6) is 1.63. The highest BCUT2D eigenvalue weighted by Crippen LogP contribution is 2.43. The molecule has 2 aliphatic heterocycles. The third-order valence-corrected chi connectivity index (χ3v) is 7.24. The summed E-state index contributed by atoms with van der Waals surface area (Å²) in [5.41, 5.74) is 2.96. The van der Waals surface area contributed by atoms with Crippen LogP contribution in [0.15, 0.2) is 42.5 Å². The predicted molar refractivity (Wildman–Crippen MR) is 126 cm³/mol. The highest BCUT2D eigenvalue weighted by molar-refractivity contribution is 5.88. The summed E-state index contributed by atoms with van der Waals surface area (Å²) < 4.78 is 16.7. The lowest BCUT2D eigenvalue weighted by Gasteiger charge is -2.36. The molecule has 2 heterocycles. The quantitative estimate of drug-likeness (QED) is 0.716. The fourth-order valence-electron chi connectivity index (χ4n) is 5.48. The monoisotopic (exact) mass is 450 g/mol. The summed E-state index contributed by atoms with van der Waals surface area (Å²) in [4.78, 5) is 16.1. The Labute approximate surface area is 196 Å². The van der Waals surface area contributed by atoms with E-state index in [1.165, 1.54) is 12.0 Å². The van der Waals surface area contributed by atoms with E-state index in [2.05, 4.69) is 41.4 Å². The topological polar surface area (TPSA) is 60.0 Å². The molecule has 1 saturated heterocycles. The molecule has 2 aromatic rings. The van der Waals surface area contributed by atoms with Gasteiger partial charge in [-0.2, -0.15) is 0 Å². The smallest absolute Gasteiger partial charge is 0.231 e. The molecule has 0 aromatic heterocycles. The van der Waals surface area contributed by atoms with Crippen LogP contribution in [0.2, 0.25) is 0 Å². The van der Waals surface area contributed by atoms with Crippen molar-refractivity contribution in [3.63, 3.8) is 0 Å². The molecule has 0 spiro atoms. The van der Waals surface area contributed by atoms with E-state index in [1.807, 2.05) is 18.2 Å². The highest BCUT2D eigenvalue weighted by Gasteiger charge is 2.41. The van der Waals surface area contributed by atoms with Gasteiger partial charge >= 0.3 is 0 Å².